The van der Waals surface area contributed by atoms with Gasteiger partial charge in [-0.05, 0) is 74.6 Å². The number of benzene rings is 2. The molecule has 1 amide bonds. The van der Waals surface area contributed by atoms with E-state index in [1.807, 2.05) is 9.58 Å². The number of aryl methyl sites for hydroxylation is 1. The van der Waals surface area contributed by atoms with Crippen LogP contribution in [-0.4, -0.2) is 46.8 Å². The van der Waals surface area contributed by atoms with Crippen molar-refractivity contribution in [1.82, 2.24) is 14.7 Å². The molecule has 0 bridgehead atoms. The van der Waals surface area contributed by atoms with Crippen LogP contribution in [0.25, 0.3) is 5.69 Å². The predicted molar refractivity (Wildman–Crippen MR) is 124 cm³/mol. The lowest BCUT2D eigenvalue weighted by atomic mass is 10.1. The van der Waals surface area contributed by atoms with Gasteiger partial charge in [-0.2, -0.15) is 5.10 Å². The first kappa shape index (κ1) is 20.7. The zero-order chi connectivity index (χ0) is 22.1. The highest BCUT2D eigenvalue weighted by atomic mass is 19.1. The van der Waals surface area contributed by atoms with Crippen LogP contribution >= 0.6 is 0 Å². The quantitative estimate of drug-likeness (QED) is 0.570. The van der Waals surface area contributed by atoms with Crippen molar-refractivity contribution < 1.29 is 9.18 Å². The molecule has 1 fully saturated rings. The van der Waals surface area contributed by atoms with Crippen LogP contribution < -0.4 is 4.90 Å². The van der Waals surface area contributed by atoms with Crippen molar-refractivity contribution in [2.24, 2.45) is 0 Å². The Morgan fingerprint density at radius 3 is 2.41 bits per heavy atom. The second-order valence-electron chi connectivity index (χ2n) is 8.84. The highest BCUT2D eigenvalue weighted by Gasteiger charge is 2.29. The summed E-state index contributed by atoms with van der Waals surface area (Å²) in [6.07, 6.45) is 5.09. The van der Waals surface area contributed by atoms with E-state index in [-0.39, 0.29) is 11.7 Å². The minimum Gasteiger partial charge on any atom is -0.368 e. The molecule has 1 aliphatic heterocycles. The van der Waals surface area contributed by atoms with Crippen LogP contribution in [0.1, 0.15) is 46.6 Å². The number of nitrogens with zero attached hydrogens (tertiary/aromatic N) is 4. The summed E-state index contributed by atoms with van der Waals surface area (Å²) in [6, 6.07) is 14.9. The van der Waals surface area contributed by atoms with E-state index in [2.05, 4.69) is 36.1 Å². The Kier molecular flexibility index (Phi) is 5.68. The van der Waals surface area contributed by atoms with Crippen molar-refractivity contribution in [3.63, 3.8) is 0 Å². The fourth-order valence-corrected chi connectivity index (χ4v) is 4.89. The SMILES string of the molecule is Cc1cccc(N2CCN(C(=O)c3nn(-c4ccc(F)cc4)c4c3CCCCC4)CC2)c1. The van der Waals surface area contributed by atoms with E-state index < -0.39 is 0 Å². The van der Waals surface area contributed by atoms with Crippen molar-refractivity contribution in [2.75, 3.05) is 31.1 Å². The van der Waals surface area contributed by atoms with Crippen molar-refractivity contribution in [2.45, 2.75) is 39.0 Å². The molecule has 166 valence electrons. The van der Waals surface area contributed by atoms with E-state index in [1.165, 1.54) is 23.4 Å². The summed E-state index contributed by atoms with van der Waals surface area (Å²) >= 11 is 0. The third-order valence-electron chi connectivity index (χ3n) is 6.64. The lowest BCUT2D eigenvalue weighted by Gasteiger charge is -2.36. The maximum absolute atomic E-state index is 13.6. The highest BCUT2D eigenvalue weighted by Crippen LogP contribution is 2.28. The maximum Gasteiger partial charge on any atom is 0.274 e. The van der Waals surface area contributed by atoms with Gasteiger partial charge in [-0.1, -0.05) is 18.6 Å². The minimum absolute atomic E-state index is 0.0212. The topological polar surface area (TPSA) is 41.4 Å². The van der Waals surface area contributed by atoms with Crippen molar-refractivity contribution >= 4 is 11.6 Å². The van der Waals surface area contributed by atoms with Gasteiger partial charge in [-0.25, -0.2) is 9.07 Å². The first-order chi connectivity index (χ1) is 15.6. The molecule has 0 atom stereocenters. The number of rotatable bonds is 3. The molecule has 0 spiro atoms. The van der Waals surface area contributed by atoms with Gasteiger partial charge in [0.15, 0.2) is 5.69 Å². The zero-order valence-corrected chi connectivity index (χ0v) is 18.6. The van der Waals surface area contributed by atoms with Crippen LogP contribution in [0.4, 0.5) is 10.1 Å². The van der Waals surface area contributed by atoms with Crippen molar-refractivity contribution in [3.8, 4) is 5.69 Å². The predicted octanol–water partition coefficient (Wildman–Crippen LogP) is 4.55. The number of fused-ring (bicyclic) bond motifs is 1. The molecule has 5 rings (SSSR count). The number of hydrogen-bond acceptors (Lipinski definition) is 3. The average Bonchev–Trinajstić information content (AvgIpc) is 3.00. The van der Waals surface area contributed by atoms with E-state index in [9.17, 15) is 9.18 Å². The standard InChI is InChI=1S/C26H29FN4O/c1-19-6-5-7-22(18-19)29-14-16-30(17-15-29)26(32)25-23-8-3-2-4-9-24(23)31(28-25)21-12-10-20(27)11-13-21/h5-7,10-13,18H,2-4,8-9,14-17H2,1H3. The molecule has 2 aliphatic rings. The Balaban J connectivity index is 1.39. The van der Waals surface area contributed by atoms with Crippen LogP contribution in [0.5, 0.6) is 0 Å². The molecule has 32 heavy (non-hydrogen) atoms. The zero-order valence-electron chi connectivity index (χ0n) is 18.6. The molecule has 1 saturated heterocycles. The Bertz CT molecular complexity index is 1110. The Hall–Kier alpha value is -3.15. The molecule has 2 heterocycles. The van der Waals surface area contributed by atoms with E-state index >= 15 is 0 Å². The highest BCUT2D eigenvalue weighted by molar-refractivity contribution is 5.94. The Morgan fingerprint density at radius 1 is 0.906 bits per heavy atom. The summed E-state index contributed by atoms with van der Waals surface area (Å²) < 4.78 is 15.3. The number of carbonyl (C=O) groups is 1. The third kappa shape index (κ3) is 4.01. The fourth-order valence-electron chi connectivity index (χ4n) is 4.89. The summed E-state index contributed by atoms with van der Waals surface area (Å²) in [5.41, 5.74) is 6.04. The van der Waals surface area contributed by atoms with Gasteiger partial charge in [-0.3, -0.25) is 4.79 Å². The number of amides is 1. The molecule has 3 aromatic rings. The molecule has 0 unspecified atom stereocenters. The summed E-state index contributed by atoms with van der Waals surface area (Å²) in [6.45, 7) is 5.11. The normalized spacial score (nSPS) is 16.6. The molecule has 5 nitrogen and oxygen atoms in total. The van der Waals surface area contributed by atoms with Gasteiger partial charge >= 0.3 is 0 Å². The summed E-state index contributed by atoms with van der Waals surface area (Å²) in [4.78, 5) is 17.8. The average molecular weight is 433 g/mol. The molecular weight excluding hydrogens is 403 g/mol. The van der Waals surface area contributed by atoms with Gasteiger partial charge in [0.2, 0.25) is 0 Å². The second kappa shape index (κ2) is 8.77. The monoisotopic (exact) mass is 432 g/mol. The van der Waals surface area contributed by atoms with E-state index in [0.29, 0.717) is 18.8 Å². The molecule has 1 aromatic heterocycles. The van der Waals surface area contributed by atoms with Gasteiger partial charge in [0.25, 0.3) is 5.91 Å². The van der Waals surface area contributed by atoms with Gasteiger partial charge in [0.05, 0.1) is 5.69 Å². The van der Waals surface area contributed by atoms with Crippen molar-refractivity contribution in [1.29, 1.82) is 0 Å². The molecular formula is C26H29FN4O. The molecule has 1 aliphatic carbocycles. The summed E-state index contributed by atoms with van der Waals surface area (Å²) in [7, 11) is 0. The molecule has 6 heteroatoms. The Morgan fingerprint density at radius 2 is 1.66 bits per heavy atom. The summed E-state index contributed by atoms with van der Waals surface area (Å²) in [5, 5.41) is 4.79. The van der Waals surface area contributed by atoms with E-state index in [4.69, 9.17) is 5.10 Å². The molecule has 2 aromatic carbocycles. The molecule has 0 N–H and O–H groups in total. The molecule has 0 saturated carbocycles. The van der Waals surface area contributed by atoms with E-state index in [1.54, 1.807) is 12.1 Å². The fraction of sp³-hybridized carbons (Fsp3) is 0.385. The number of carbonyl (C=O) groups excluding carboxylic acids is 1. The van der Waals surface area contributed by atoms with Crippen LogP contribution in [-0.2, 0) is 12.8 Å². The number of piperazine rings is 1. The smallest absolute Gasteiger partial charge is 0.274 e. The molecule has 0 radical (unpaired) electrons. The van der Waals surface area contributed by atoms with Gasteiger partial charge in [-0.15, -0.1) is 0 Å². The summed E-state index contributed by atoms with van der Waals surface area (Å²) in [5.74, 6) is -0.248. The van der Waals surface area contributed by atoms with Crippen LogP contribution in [0.15, 0.2) is 48.5 Å². The third-order valence-corrected chi connectivity index (χ3v) is 6.64. The number of anilines is 1. The van der Waals surface area contributed by atoms with Gasteiger partial charge in [0.1, 0.15) is 5.82 Å². The van der Waals surface area contributed by atoms with Crippen LogP contribution in [0.2, 0.25) is 0 Å². The lowest BCUT2D eigenvalue weighted by molar-refractivity contribution is 0.0739. The first-order valence-electron chi connectivity index (χ1n) is 11.6. The Labute approximate surface area is 188 Å². The van der Waals surface area contributed by atoms with Gasteiger partial charge < -0.3 is 9.80 Å². The number of halogens is 1. The largest absolute Gasteiger partial charge is 0.368 e. The van der Waals surface area contributed by atoms with Crippen LogP contribution in [0.3, 0.4) is 0 Å². The van der Waals surface area contributed by atoms with E-state index in [0.717, 1.165) is 62.1 Å². The number of aromatic nitrogens is 2. The second-order valence-corrected chi connectivity index (χ2v) is 8.84. The number of hydrogen-bond donors (Lipinski definition) is 0. The van der Waals surface area contributed by atoms with Crippen LogP contribution in [0, 0.1) is 12.7 Å². The van der Waals surface area contributed by atoms with Gasteiger partial charge in [0, 0.05) is 43.1 Å². The first-order valence-corrected chi connectivity index (χ1v) is 11.6. The lowest BCUT2D eigenvalue weighted by Crippen LogP contribution is -2.49. The minimum atomic E-state index is -0.269. The van der Waals surface area contributed by atoms with Crippen molar-refractivity contribution in [3.05, 3.63) is 76.9 Å². The maximum atomic E-state index is 13.6.